The predicted molar refractivity (Wildman–Crippen MR) is 74.6 cm³/mol. The van der Waals surface area contributed by atoms with Crippen molar-refractivity contribution in [3.63, 3.8) is 0 Å². The molecule has 1 aromatic heterocycles. The maximum absolute atomic E-state index is 6.21. The van der Waals surface area contributed by atoms with E-state index in [2.05, 4.69) is 23.9 Å². The molecule has 0 radical (unpaired) electrons. The quantitative estimate of drug-likeness (QED) is 0.622. The Bertz CT molecular complexity index is 359. The minimum Gasteiger partial charge on any atom is -0.380 e. The van der Waals surface area contributed by atoms with Gasteiger partial charge in [0.25, 0.3) is 0 Å². The normalized spacial score (nSPS) is 19.6. The molecule has 0 spiro atoms. The molecule has 1 heterocycles. The minimum atomic E-state index is 0.241. The average Bonchev–Trinajstić information content (AvgIpc) is 2.70. The third kappa shape index (κ3) is 3.59. The highest BCUT2D eigenvalue weighted by Crippen LogP contribution is 2.27. The molecule has 0 saturated carbocycles. The minimum absolute atomic E-state index is 0.241. The summed E-state index contributed by atoms with van der Waals surface area (Å²) in [6.07, 6.45) is 11.7. The van der Waals surface area contributed by atoms with Crippen LogP contribution < -0.4 is 5.73 Å². The summed E-state index contributed by atoms with van der Waals surface area (Å²) in [6, 6.07) is 0.241. The lowest BCUT2D eigenvalue weighted by molar-refractivity contribution is 0.123. The van der Waals surface area contributed by atoms with Crippen molar-refractivity contribution in [2.75, 3.05) is 13.2 Å². The summed E-state index contributed by atoms with van der Waals surface area (Å²) in [5, 5.41) is 0. The molecule has 0 aromatic carbocycles. The zero-order chi connectivity index (χ0) is 12.8. The number of hydrogen-bond donors (Lipinski definition) is 1. The van der Waals surface area contributed by atoms with Crippen molar-refractivity contribution in [1.82, 2.24) is 4.57 Å². The molecule has 0 amide bonds. The molecule has 3 heteroatoms. The van der Waals surface area contributed by atoms with Gasteiger partial charge in [0.05, 0.1) is 6.61 Å². The van der Waals surface area contributed by atoms with Crippen molar-refractivity contribution < 1.29 is 4.74 Å². The number of unbranched alkanes of at least 4 members (excludes halogenated alkanes) is 1. The highest BCUT2D eigenvalue weighted by Gasteiger charge is 2.16. The third-order valence-corrected chi connectivity index (χ3v) is 3.74. The van der Waals surface area contributed by atoms with Crippen molar-refractivity contribution >= 4 is 0 Å². The maximum atomic E-state index is 6.21. The maximum Gasteiger partial charge on any atom is 0.0645 e. The monoisotopic (exact) mass is 250 g/mol. The van der Waals surface area contributed by atoms with Crippen molar-refractivity contribution in [2.45, 2.75) is 58.0 Å². The van der Waals surface area contributed by atoms with Crippen LogP contribution in [-0.4, -0.2) is 17.8 Å². The van der Waals surface area contributed by atoms with Gasteiger partial charge in [0, 0.05) is 31.6 Å². The summed E-state index contributed by atoms with van der Waals surface area (Å²) in [6.45, 7) is 4.83. The first kappa shape index (κ1) is 13.6. The zero-order valence-corrected chi connectivity index (χ0v) is 11.5. The Balaban J connectivity index is 1.85. The smallest absolute Gasteiger partial charge is 0.0645 e. The summed E-state index contributed by atoms with van der Waals surface area (Å²) in [5.74, 6) is 0. The standard InChI is InChI=1S/C15H26N2O/c1-2-3-9-18-10-8-17-11-13-6-4-5-7-15(16)14(13)12-17/h11-12,15H,2-10,16H2,1H3. The summed E-state index contributed by atoms with van der Waals surface area (Å²) in [5.41, 5.74) is 9.02. The van der Waals surface area contributed by atoms with Crippen LogP contribution in [0.1, 0.15) is 56.2 Å². The molecule has 1 atom stereocenters. The first-order chi connectivity index (χ1) is 8.81. The van der Waals surface area contributed by atoms with Crippen LogP contribution in [0.2, 0.25) is 0 Å². The average molecular weight is 250 g/mol. The van der Waals surface area contributed by atoms with E-state index < -0.39 is 0 Å². The number of hydrogen-bond acceptors (Lipinski definition) is 2. The van der Waals surface area contributed by atoms with Gasteiger partial charge in [-0.3, -0.25) is 0 Å². The van der Waals surface area contributed by atoms with Crippen LogP contribution in [0, 0.1) is 0 Å². The van der Waals surface area contributed by atoms with Gasteiger partial charge in [-0.15, -0.1) is 0 Å². The van der Waals surface area contributed by atoms with Crippen molar-refractivity contribution in [3.05, 3.63) is 23.5 Å². The molecule has 102 valence electrons. The molecular formula is C15H26N2O. The Labute approximate surface area is 110 Å². The Hall–Kier alpha value is -0.800. The molecular weight excluding hydrogens is 224 g/mol. The fourth-order valence-corrected chi connectivity index (χ4v) is 2.60. The van der Waals surface area contributed by atoms with Crippen LogP contribution in [-0.2, 0) is 17.7 Å². The second-order valence-electron chi connectivity index (χ2n) is 5.29. The summed E-state index contributed by atoms with van der Waals surface area (Å²) >= 11 is 0. The molecule has 18 heavy (non-hydrogen) atoms. The van der Waals surface area contributed by atoms with Crippen LogP contribution in [0.25, 0.3) is 0 Å². The molecule has 0 saturated heterocycles. The second kappa shape index (κ2) is 6.95. The third-order valence-electron chi connectivity index (χ3n) is 3.74. The lowest BCUT2D eigenvalue weighted by Gasteiger charge is -2.07. The van der Waals surface area contributed by atoms with E-state index in [0.717, 1.165) is 32.6 Å². The Morgan fingerprint density at radius 2 is 2.22 bits per heavy atom. The van der Waals surface area contributed by atoms with E-state index in [1.807, 2.05) is 0 Å². The molecule has 1 aliphatic carbocycles. The van der Waals surface area contributed by atoms with Gasteiger partial charge < -0.3 is 15.0 Å². The number of nitrogens with two attached hydrogens (primary N) is 1. The number of ether oxygens (including phenoxy) is 1. The zero-order valence-electron chi connectivity index (χ0n) is 11.5. The second-order valence-corrected chi connectivity index (χ2v) is 5.29. The summed E-state index contributed by atoms with van der Waals surface area (Å²) < 4.78 is 7.86. The fourth-order valence-electron chi connectivity index (χ4n) is 2.60. The molecule has 0 bridgehead atoms. The van der Waals surface area contributed by atoms with Crippen LogP contribution in [0.3, 0.4) is 0 Å². The number of aromatic nitrogens is 1. The van der Waals surface area contributed by atoms with Gasteiger partial charge in [0.1, 0.15) is 0 Å². The van der Waals surface area contributed by atoms with Crippen LogP contribution in [0.5, 0.6) is 0 Å². The first-order valence-corrected chi connectivity index (χ1v) is 7.33. The molecule has 0 fully saturated rings. The Morgan fingerprint density at radius 3 is 3.06 bits per heavy atom. The molecule has 0 aliphatic heterocycles. The van der Waals surface area contributed by atoms with Gasteiger partial charge in [-0.05, 0) is 36.8 Å². The van der Waals surface area contributed by atoms with E-state index >= 15 is 0 Å². The van der Waals surface area contributed by atoms with Gasteiger partial charge in [0.2, 0.25) is 0 Å². The fraction of sp³-hybridized carbons (Fsp3) is 0.733. The topological polar surface area (TPSA) is 40.2 Å². The number of fused-ring (bicyclic) bond motifs is 1. The molecule has 1 aliphatic rings. The lowest BCUT2D eigenvalue weighted by atomic mass is 10.1. The number of nitrogens with zero attached hydrogens (tertiary/aromatic N) is 1. The van der Waals surface area contributed by atoms with Gasteiger partial charge in [0.15, 0.2) is 0 Å². The summed E-state index contributed by atoms with van der Waals surface area (Å²) in [4.78, 5) is 0. The largest absolute Gasteiger partial charge is 0.380 e. The van der Waals surface area contributed by atoms with E-state index in [0.29, 0.717) is 0 Å². The SMILES string of the molecule is CCCCOCCn1cc2c(c1)C(N)CCCC2. The Morgan fingerprint density at radius 1 is 1.33 bits per heavy atom. The van der Waals surface area contributed by atoms with Crippen molar-refractivity contribution in [3.8, 4) is 0 Å². The molecule has 3 nitrogen and oxygen atoms in total. The molecule has 2 N–H and O–H groups in total. The van der Waals surface area contributed by atoms with E-state index in [-0.39, 0.29) is 6.04 Å². The van der Waals surface area contributed by atoms with Gasteiger partial charge in [-0.1, -0.05) is 19.8 Å². The molecule has 2 rings (SSSR count). The number of aryl methyl sites for hydroxylation is 1. The highest BCUT2D eigenvalue weighted by atomic mass is 16.5. The van der Waals surface area contributed by atoms with Crippen LogP contribution in [0.4, 0.5) is 0 Å². The van der Waals surface area contributed by atoms with E-state index in [1.165, 1.54) is 36.8 Å². The predicted octanol–water partition coefficient (Wildman–Crippen LogP) is 3.03. The van der Waals surface area contributed by atoms with Gasteiger partial charge in [-0.2, -0.15) is 0 Å². The van der Waals surface area contributed by atoms with E-state index in [4.69, 9.17) is 10.5 Å². The number of rotatable bonds is 6. The van der Waals surface area contributed by atoms with Gasteiger partial charge in [-0.25, -0.2) is 0 Å². The van der Waals surface area contributed by atoms with Gasteiger partial charge >= 0.3 is 0 Å². The molecule has 1 aromatic rings. The van der Waals surface area contributed by atoms with Crippen LogP contribution in [0.15, 0.2) is 12.4 Å². The Kier molecular flexibility index (Phi) is 5.26. The van der Waals surface area contributed by atoms with Crippen molar-refractivity contribution in [1.29, 1.82) is 0 Å². The first-order valence-electron chi connectivity index (χ1n) is 7.33. The van der Waals surface area contributed by atoms with Crippen LogP contribution >= 0.6 is 0 Å². The van der Waals surface area contributed by atoms with E-state index in [1.54, 1.807) is 0 Å². The summed E-state index contributed by atoms with van der Waals surface area (Å²) in [7, 11) is 0. The van der Waals surface area contributed by atoms with Crippen molar-refractivity contribution in [2.24, 2.45) is 5.73 Å². The highest BCUT2D eigenvalue weighted by molar-refractivity contribution is 5.28. The lowest BCUT2D eigenvalue weighted by Crippen LogP contribution is -2.09. The van der Waals surface area contributed by atoms with E-state index in [9.17, 15) is 0 Å². The molecule has 1 unspecified atom stereocenters.